The normalized spacial score (nSPS) is 24.8. The van der Waals surface area contributed by atoms with E-state index in [1.54, 1.807) is 12.1 Å². The van der Waals surface area contributed by atoms with Gasteiger partial charge < -0.3 is 10.8 Å². The first-order valence-corrected chi connectivity index (χ1v) is 14.7. The Morgan fingerprint density at radius 1 is 0.833 bits per heavy atom. The average Bonchev–Trinajstić information content (AvgIpc) is 3.11. The molecule has 6 nitrogen and oxygen atoms in total. The lowest BCUT2D eigenvalue weighted by atomic mass is 9.73. The first-order valence-electron chi connectivity index (χ1n) is 14.7. The monoisotopic (exact) mass is 494 g/mol. The molecule has 198 valence electrons. The third-order valence-corrected chi connectivity index (χ3v) is 9.44. The molecule has 1 saturated heterocycles. The molecule has 3 fully saturated rings. The summed E-state index contributed by atoms with van der Waals surface area (Å²) >= 11 is 0. The molecule has 0 aromatic heterocycles. The van der Waals surface area contributed by atoms with Crippen LogP contribution in [-0.4, -0.2) is 51.9 Å². The number of phenolic OH excluding ortho intramolecular Hbond substituents is 1. The highest BCUT2D eigenvalue weighted by atomic mass is 16.3. The van der Waals surface area contributed by atoms with Gasteiger partial charge in [-0.1, -0.05) is 76.3 Å². The zero-order chi connectivity index (χ0) is 25.0. The van der Waals surface area contributed by atoms with Crippen LogP contribution in [0.25, 0.3) is 0 Å². The Labute approximate surface area is 217 Å². The van der Waals surface area contributed by atoms with Crippen molar-refractivity contribution in [2.75, 3.05) is 19.6 Å². The van der Waals surface area contributed by atoms with E-state index in [4.69, 9.17) is 10.7 Å². The fourth-order valence-electron chi connectivity index (χ4n) is 7.39. The van der Waals surface area contributed by atoms with Crippen LogP contribution in [0, 0.1) is 17.8 Å². The van der Waals surface area contributed by atoms with Crippen molar-refractivity contribution < 1.29 is 9.90 Å². The number of hydrogen-bond donors (Lipinski definition) is 2. The molecular formula is C30H46N4O2. The third-order valence-electron chi connectivity index (χ3n) is 9.44. The number of benzene rings is 1. The lowest BCUT2D eigenvalue weighted by Gasteiger charge is -2.37. The molecule has 6 heteroatoms. The van der Waals surface area contributed by atoms with Crippen molar-refractivity contribution in [1.29, 1.82) is 0 Å². The van der Waals surface area contributed by atoms with Gasteiger partial charge in [0, 0.05) is 13.1 Å². The summed E-state index contributed by atoms with van der Waals surface area (Å²) in [7, 11) is 0. The first kappa shape index (κ1) is 25.6. The Morgan fingerprint density at radius 2 is 1.39 bits per heavy atom. The van der Waals surface area contributed by atoms with Gasteiger partial charge in [-0.05, 0) is 74.2 Å². The molecule has 0 bridgehead atoms. The van der Waals surface area contributed by atoms with Crippen LogP contribution >= 0.6 is 0 Å². The molecular weight excluding hydrogens is 448 g/mol. The zero-order valence-electron chi connectivity index (χ0n) is 22.0. The van der Waals surface area contributed by atoms with Crippen LogP contribution in [0.5, 0.6) is 5.75 Å². The van der Waals surface area contributed by atoms with E-state index in [9.17, 15) is 9.90 Å². The number of nitrogens with zero attached hydrogens (tertiary/aromatic N) is 3. The smallest absolute Gasteiger partial charge is 0.257 e. The van der Waals surface area contributed by atoms with E-state index in [1.807, 2.05) is 17.0 Å². The number of phenols is 1. The summed E-state index contributed by atoms with van der Waals surface area (Å²) in [6.45, 7) is 3.68. The van der Waals surface area contributed by atoms with Crippen molar-refractivity contribution in [2.45, 2.75) is 102 Å². The molecule has 2 saturated carbocycles. The minimum atomic E-state index is -0.604. The molecule has 4 aliphatic rings. The van der Waals surface area contributed by atoms with Gasteiger partial charge in [-0.2, -0.15) is 0 Å². The van der Waals surface area contributed by atoms with E-state index < -0.39 is 5.54 Å². The fourth-order valence-corrected chi connectivity index (χ4v) is 7.39. The summed E-state index contributed by atoms with van der Waals surface area (Å²) in [5, 5.41) is 9.53. The second kappa shape index (κ2) is 11.5. The fraction of sp³-hybridized carbons (Fsp3) is 0.733. The topological polar surface area (TPSA) is 82.2 Å². The van der Waals surface area contributed by atoms with Gasteiger partial charge >= 0.3 is 0 Å². The summed E-state index contributed by atoms with van der Waals surface area (Å²) in [5.74, 6) is 2.71. The number of piperidine rings is 1. The van der Waals surface area contributed by atoms with Crippen molar-refractivity contribution in [1.82, 2.24) is 9.80 Å². The molecule has 2 aliphatic heterocycles. The number of hydrogen-bond acceptors (Lipinski definition) is 5. The van der Waals surface area contributed by atoms with Gasteiger partial charge in [0.1, 0.15) is 11.3 Å². The van der Waals surface area contributed by atoms with Crippen molar-refractivity contribution in [2.24, 2.45) is 28.5 Å². The Balaban J connectivity index is 1.20. The van der Waals surface area contributed by atoms with Crippen molar-refractivity contribution in [3.05, 3.63) is 29.8 Å². The maximum atomic E-state index is 14.1. The molecule has 1 aromatic carbocycles. The van der Waals surface area contributed by atoms with Crippen LogP contribution in [0.2, 0.25) is 0 Å². The van der Waals surface area contributed by atoms with Crippen LogP contribution < -0.4 is 5.73 Å². The lowest BCUT2D eigenvalue weighted by Crippen LogP contribution is -2.49. The van der Waals surface area contributed by atoms with Crippen molar-refractivity contribution in [3.63, 3.8) is 0 Å². The summed E-state index contributed by atoms with van der Waals surface area (Å²) in [5.41, 5.74) is 7.16. The zero-order valence-corrected chi connectivity index (χ0v) is 22.0. The van der Waals surface area contributed by atoms with Gasteiger partial charge in [0.2, 0.25) is 0 Å². The summed E-state index contributed by atoms with van der Waals surface area (Å²) in [6.07, 6.45) is 16.8. The Morgan fingerprint density at radius 3 is 1.94 bits per heavy atom. The van der Waals surface area contributed by atoms with Crippen LogP contribution in [-0.2, 0) is 11.3 Å². The lowest BCUT2D eigenvalue weighted by molar-refractivity contribution is -0.133. The van der Waals surface area contributed by atoms with E-state index in [2.05, 4.69) is 4.90 Å². The van der Waals surface area contributed by atoms with E-state index >= 15 is 0 Å². The summed E-state index contributed by atoms with van der Waals surface area (Å²) < 4.78 is 0. The largest absolute Gasteiger partial charge is 0.508 e. The van der Waals surface area contributed by atoms with Crippen LogP contribution in [0.4, 0.5) is 0 Å². The molecule has 1 amide bonds. The first-order chi connectivity index (χ1) is 17.5. The van der Waals surface area contributed by atoms with E-state index in [1.165, 1.54) is 69.8 Å². The van der Waals surface area contributed by atoms with Crippen LogP contribution in [0.15, 0.2) is 29.3 Å². The Hall–Kier alpha value is -2.08. The molecule has 0 radical (unpaired) electrons. The predicted octanol–water partition coefficient (Wildman–Crippen LogP) is 5.44. The molecule has 0 unspecified atom stereocenters. The number of carbonyl (C=O) groups excluding carboxylic acids is 1. The second-order valence-corrected chi connectivity index (χ2v) is 12.2. The molecule has 3 N–H and O–H groups in total. The van der Waals surface area contributed by atoms with Gasteiger partial charge in [0.05, 0.1) is 0 Å². The molecule has 2 heterocycles. The number of aliphatic imine (C=N–C) groups is 1. The van der Waals surface area contributed by atoms with E-state index in [0.717, 1.165) is 51.9 Å². The predicted molar refractivity (Wildman–Crippen MR) is 145 cm³/mol. The van der Waals surface area contributed by atoms with Gasteiger partial charge in [0.15, 0.2) is 5.96 Å². The SMILES string of the molecule is NC1=NC(CC2CCCCC2)(CC2CCCCC2)C(=O)N1CC1CCN(Cc2ccc(O)cc2)CC1. The Kier molecular flexibility index (Phi) is 8.19. The number of amides is 1. The standard InChI is InChI=1S/C30H46N4O2/c31-29-32-30(19-23-7-3-1-4-8-23,20-24-9-5-2-6-10-24)28(36)34(29)22-26-15-17-33(18-16-26)21-25-11-13-27(35)14-12-25/h11-14,23-24,26,35H,1-10,15-22H2,(H2,31,32). The number of carbonyl (C=O) groups is 1. The van der Waals surface area contributed by atoms with Crippen LogP contribution in [0.3, 0.4) is 0 Å². The van der Waals surface area contributed by atoms with Gasteiger partial charge in [-0.15, -0.1) is 0 Å². The second-order valence-electron chi connectivity index (χ2n) is 12.2. The van der Waals surface area contributed by atoms with E-state index in [-0.39, 0.29) is 5.91 Å². The summed E-state index contributed by atoms with van der Waals surface area (Å²) in [4.78, 5) is 23.5. The summed E-state index contributed by atoms with van der Waals surface area (Å²) in [6, 6.07) is 7.52. The molecule has 2 aliphatic carbocycles. The third kappa shape index (κ3) is 6.07. The van der Waals surface area contributed by atoms with E-state index in [0.29, 0.717) is 29.5 Å². The number of nitrogens with two attached hydrogens (primary N) is 1. The van der Waals surface area contributed by atoms with Crippen molar-refractivity contribution >= 4 is 11.9 Å². The van der Waals surface area contributed by atoms with Gasteiger partial charge in [-0.25, -0.2) is 4.99 Å². The molecule has 0 spiro atoms. The van der Waals surface area contributed by atoms with Crippen molar-refractivity contribution in [3.8, 4) is 5.75 Å². The highest BCUT2D eigenvalue weighted by Crippen LogP contribution is 2.42. The minimum Gasteiger partial charge on any atom is -0.508 e. The van der Waals surface area contributed by atoms with Gasteiger partial charge in [-0.3, -0.25) is 14.6 Å². The highest BCUT2D eigenvalue weighted by Gasteiger charge is 2.50. The molecule has 0 atom stereocenters. The minimum absolute atomic E-state index is 0.211. The Bertz CT molecular complexity index is 874. The maximum Gasteiger partial charge on any atom is 0.257 e. The number of rotatable bonds is 8. The number of likely N-dealkylation sites (tertiary alicyclic amines) is 1. The average molecular weight is 495 g/mol. The highest BCUT2D eigenvalue weighted by molar-refractivity contribution is 6.06. The molecule has 1 aromatic rings. The number of guanidine groups is 1. The number of aromatic hydroxyl groups is 1. The maximum absolute atomic E-state index is 14.1. The molecule has 36 heavy (non-hydrogen) atoms. The molecule has 5 rings (SSSR count). The van der Waals surface area contributed by atoms with Gasteiger partial charge in [0.25, 0.3) is 5.91 Å². The van der Waals surface area contributed by atoms with Crippen LogP contribution in [0.1, 0.15) is 95.5 Å². The quantitative estimate of drug-likeness (QED) is 0.504.